The van der Waals surface area contributed by atoms with Crippen LogP contribution in [0, 0.1) is 17.8 Å². The van der Waals surface area contributed by atoms with Crippen LogP contribution >= 0.6 is 0 Å². The van der Waals surface area contributed by atoms with E-state index in [0.717, 1.165) is 25.7 Å². The molecule has 1 amide bonds. The number of amides is 1. The Morgan fingerprint density at radius 3 is 2.63 bits per heavy atom. The van der Waals surface area contributed by atoms with Gasteiger partial charge in [-0.1, -0.05) is 62.2 Å². The molecule has 1 aliphatic rings. The zero-order chi connectivity index (χ0) is 19.5. The largest absolute Gasteiger partial charge is 0.396 e. The van der Waals surface area contributed by atoms with Crippen LogP contribution in [0.3, 0.4) is 0 Å². The van der Waals surface area contributed by atoms with E-state index in [2.05, 4.69) is 29.6 Å². The molecule has 3 unspecified atom stereocenters. The van der Waals surface area contributed by atoms with E-state index in [1.54, 1.807) is 0 Å². The number of rotatable bonds is 13. The van der Waals surface area contributed by atoms with Crippen LogP contribution in [0.1, 0.15) is 51.0 Å². The molecule has 0 aliphatic heterocycles. The number of nitrogens with one attached hydrogen (secondary N) is 1. The number of carbonyl (C=O) groups excluding carboxylic acids is 1. The Hall–Kier alpha value is -1.65. The Balaban J connectivity index is 1.73. The van der Waals surface area contributed by atoms with E-state index in [-0.39, 0.29) is 24.3 Å². The molecular weight excluding hydrogens is 338 g/mol. The highest BCUT2D eigenvalue weighted by Gasteiger charge is 2.28. The monoisotopic (exact) mass is 373 g/mol. The van der Waals surface area contributed by atoms with Crippen LogP contribution in [0.4, 0.5) is 0 Å². The van der Waals surface area contributed by atoms with Crippen LogP contribution in [0.2, 0.25) is 0 Å². The first-order valence-corrected chi connectivity index (χ1v) is 10.3. The fraction of sp³-hybridized carbons (Fsp3) is 0.609. The third-order valence-corrected chi connectivity index (χ3v) is 5.29. The number of aliphatic hydroxyl groups excluding tert-OH is 2. The molecule has 3 N–H and O–H groups in total. The smallest absolute Gasteiger partial charge is 0.223 e. The van der Waals surface area contributed by atoms with Crippen molar-refractivity contribution in [1.82, 2.24) is 5.32 Å². The van der Waals surface area contributed by atoms with E-state index in [4.69, 9.17) is 5.11 Å². The van der Waals surface area contributed by atoms with Crippen molar-refractivity contribution in [2.24, 2.45) is 17.8 Å². The van der Waals surface area contributed by atoms with Gasteiger partial charge in [0.2, 0.25) is 5.91 Å². The summed E-state index contributed by atoms with van der Waals surface area (Å²) < 4.78 is 0. The highest BCUT2D eigenvalue weighted by atomic mass is 16.3. The Morgan fingerprint density at radius 2 is 1.96 bits per heavy atom. The second-order valence-corrected chi connectivity index (χ2v) is 8.04. The SMILES string of the molecule is CC(CO)CCC(O)CNC(=O)C(CC=CCc1ccccc1)CC1CC1. The van der Waals surface area contributed by atoms with Gasteiger partial charge < -0.3 is 15.5 Å². The van der Waals surface area contributed by atoms with Gasteiger partial charge in [-0.05, 0) is 49.5 Å². The third-order valence-electron chi connectivity index (χ3n) is 5.29. The van der Waals surface area contributed by atoms with Gasteiger partial charge in [-0.25, -0.2) is 0 Å². The summed E-state index contributed by atoms with van der Waals surface area (Å²) in [4.78, 5) is 12.6. The van der Waals surface area contributed by atoms with Crippen molar-refractivity contribution in [3.63, 3.8) is 0 Å². The minimum atomic E-state index is -0.543. The fourth-order valence-corrected chi connectivity index (χ4v) is 3.19. The lowest BCUT2D eigenvalue weighted by Crippen LogP contribution is -2.36. The first kappa shape index (κ1) is 21.6. The number of carbonyl (C=O) groups is 1. The average molecular weight is 374 g/mol. The second kappa shape index (κ2) is 11.9. The van der Waals surface area contributed by atoms with Crippen molar-refractivity contribution in [2.45, 2.75) is 58.0 Å². The first-order chi connectivity index (χ1) is 13.1. The van der Waals surface area contributed by atoms with Gasteiger partial charge in [0.05, 0.1) is 6.10 Å². The summed E-state index contributed by atoms with van der Waals surface area (Å²) in [6, 6.07) is 10.3. The van der Waals surface area contributed by atoms with Crippen LogP contribution in [-0.2, 0) is 11.2 Å². The van der Waals surface area contributed by atoms with Gasteiger partial charge in [0, 0.05) is 19.1 Å². The van der Waals surface area contributed by atoms with Gasteiger partial charge in [0.25, 0.3) is 0 Å². The first-order valence-electron chi connectivity index (χ1n) is 10.3. The molecule has 0 radical (unpaired) electrons. The molecule has 150 valence electrons. The summed E-state index contributed by atoms with van der Waals surface area (Å²) in [5.41, 5.74) is 1.28. The molecule has 0 aromatic heterocycles. The van der Waals surface area contributed by atoms with E-state index >= 15 is 0 Å². The third kappa shape index (κ3) is 9.21. The van der Waals surface area contributed by atoms with E-state index in [1.165, 1.54) is 18.4 Å². The fourth-order valence-electron chi connectivity index (χ4n) is 3.19. The molecule has 4 nitrogen and oxygen atoms in total. The van der Waals surface area contributed by atoms with Crippen LogP contribution in [0.25, 0.3) is 0 Å². The van der Waals surface area contributed by atoms with Crippen molar-refractivity contribution in [1.29, 1.82) is 0 Å². The maximum absolute atomic E-state index is 12.6. The molecule has 0 saturated heterocycles. The standard InChI is InChI=1S/C23H35NO3/c1-18(17-25)11-14-22(26)16-24-23(27)21(15-20-12-13-20)10-6-5-9-19-7-3-2-4-8-19/h2-8,18,20-22,25-26H,9-17H2,1H3,(H,24,27). The molecular formula is C23H35NO3. The molecule has 2 rings (SSSR count). The summed E-state index contributed by atoms with van der Waals surface area (Å²) in [5.74, 6) is 0.930. The molecule has 1 saturated carbocycles. The summed E-state index contributed by atoms with van der Waals surface area (Å²) in [6.07, 6.45) is 10.2. The van der Waals surface area contributed by atoms with Gasteiger partial charge in [-0.2, -0.15) is 0 Å². The number of benzene rings is 1. The quantitative estimate of drug-likeness (QED) is 0.464. The van der Waals surface area contributed by atoms with E-state index in [9.17, 15) is 9.90 Å². The number of hydrogen-bond acceptors (Lipinski definition) is 3. The topological polar surface area (TPSA) is 69.6 Å². The summed E-state index contributed by atoms with van der Waals surface area (Å²) in [5, 5.41) is 22.0. The summed E-state index contributed by atoms with van der Waals surface area (Å²) in [7, 11) is 0. The van der Waals surface area contributed by atoms with Crippen molar-refractivity contribution < 1.29 is 15.0 Å². The van der Waals surface area contributed by atoms with E-state index in [0.29, 0.717) is 18.9 Å². The second-order valence-electron chi connectivity index (χ2n) is 8.04. The molecule has 3 atom stereocenters. The van der Waals surface area contributed by atoms with Gasteiger partial charge in [0.1, 0.15) is 0 Å². The molecule has 1 aromatic rings. The van der Waals surface area contributed by atoms with Gasteiger partial charge in [-0.3, -0.25) is 4.79 Å². The summed E-state index contributed by atoms with van der Waals surface area (Å²) in [6.45, 7) is 2.39. The molecule has 1 fully saturated rings. The summed E-state index contributed by atoms with van der Waals surface area (Å²) >= 11 is 0. The highest BCUT2D eigenvalue weighted by molar-refractivity contribution is 5.78. The predicted octanol–water partition coefficient (Wildman–Crippen LogP) is 3.48. The van der Waals surface area contributed by atoms with Crippen molar-refractivity contribution in [2.75, 3.05) is 13.2 Å². The maximum Gasteiger partial charge on any atom is 0.223 e. The minimum absolute atomic E-state index is 0.00640. The lowest BCUT2D eigenvalue weighted by Gasteiger charge is -2.18. The lowest BCUT2D eigenvalue weighted by molar-refractivity contribution is -0.125. The molecule has 0 heterocycles. The van der Waals surface area contributed by atoms with Crippen LogP contribution in [-0.4, -0.2) is 35.4 Å². The van der Waals surface area contributed by atoms with E-state index < -0.39 is 6.10 Å². The Bertz CT molecular complexity index is 568. The number of aliphatic hydroxyl groups is 2. The van der Waals surface area contributed by atoms with Crippen molar-refractivity contribution in [3.05, 3.63) is 48.0 Å². The average Bonchev–Trinajstić information content (AvgIpc) is 3.51. The Morgan fingerprint density at radius 1 is 1.22 bits per heavy atom. The predicted molar refractivity (Wildman–Crippen MR) is 109 cm³/mol. The van der Waals surface area contributed by atoms with Gasteiger partial charge in [0.15, 0.2) is 0 Å². The molecule has 1 aromatic carbocycles. The number of allylic oxidation sites excluding steroid dienone is 2. The normalized spacial score (nSPS) is 17.6. The molecule has 1 aliphatic carbocycles. The lowest BCUT2D eigenvalue weighted by atomic mass is 9.96. The van der Waals surface area contributed by atoms with Crippen LogP contribution < -0.4 is 5.32 Å². The molecule has 4 heteroatoms. The zero-order valence-corrected chi connectivity index (χ0v) is 16.5. The van der Waals surface area contributed by atoms with Crippen molar-refractivity contribution in [3.8, 4) is 0 Å². The zero-order valence-electron chi connectivity index (χ0n) is 16.5. The Kier molecular flexibility index (Phi) is 9.57. The van der Waals surface area contributed by atoms with Gasteiger partial charge in [-0.15, -0.1) is 0 Å². The van der Waals surface area contributed by atoms with Crippen molar-refractivity contribution >= 4 is 5.91 Å². The van der Waals surface area contributed by atoms with Gasteiger partial charge >= 0.3 is 0 Å². The molecule has 27 heavy (non-hydrogen) atoms. The minimum Gasteiger partial charge on any atom is -0.396 e. The molecule has 0 spiro atoms. The number of hydrogen-bond donors (Lipinski definition) is 3. The Labute approximate surface area is 163 Å². The highest BCUT2D eigenvalue weighted by Crippen LogP contribution is 2.36. The van der Waals surface area contributed by atoms with Crippen LogP contribution in [0.5, 0.6) is 0 Å². The maximum atomic E-state index is 12.6. The van der Waals surface area contributed by atoms with Crippen LogP contribution in [0.15, 0.2) is 42.5 Å². The molecule has 0 bridgehead atoms. The van der Waals surface area contributed by atoms with E-state index in [1.807, 2.05) is 25.1 Å².